The molecule has 0 spiro atoms. The highest BCUT2D eigenvalue weighted by molar-refractivity contribution is 5.18. The Kier molecular flexibility index (Phi) is 4.54. The Bertz CT molecular complexity index is 445. The SMILES string of the molecule is C=CC(=C)CC[C@@H]1C(=C)CC[C@@H]2C(C)(C)C[C@@H](O)C[C@@]12C. The molecule has 118 valence electrons. The van der Waals surface area contributed by atoms with E-state index in [9.17, 15) is 5.11 Å². The van der Waals surface area contributed by atoms with Gasteiger partial charge in [0, 0.05) is 0 Å². The number of fused-ring (bicyclic) bond motifs is 1. The molecule has 0 bridgehead atoms. The molecule has 2 rings (SSSR count). The van der Waals surface area contributed by atoms with Crippen LogP contribution in [0.2, 0.25) is 0 Å². The lowest BCUT2D eigenvalue weighted by Gasteiger charge is -2.59. The number of rotatable bonds is 4. The fourth-order valence-electron chi connectivity index (χ4n) is 5.41. The first-order valence-corrected chi connectivity index (χ1v) is 8.36. The van der Waals surface area contributed by atoms with Gasteiger partial charge in [0.15, 0.2) is 0 Å². The Morgan fingerprint density at radius 1 is 1.33 bits per heavy atom. The Morgan fingerprint density at radius 2 is 2.00 bits per heavy atom. The van der Waals surface area contributed by atoms with Crippen LogP contribution in [0, 0.1) is 22.7 Å². The van der Waals surface area contributed by atoms with Gasteiger partial charge in [-0.25, -0.2) is 0 Å². The molecule has 0 saturated heterocycles. The molecule has 2 fully saturated rings. The van der Waals surface area contributed by atoms with Crippen LogP contribution < -0.4 is 0 Å². The summed E-state index contributed by atoms with van der Waals surface area (Å²) in [5, 5.41) is 10.4. The minimum atomic E-state index is -0.169. The maximum absolute atomic E-state index is 10.4. The van der Waals surface area contributed by atoms with E-state index in [0.29, 0.717) is 11.8 Å². The third kappa shape index (κ3) is 3.04. The summed E-state index contributed by atoms with van der Waals surface area (Å²) >= 11 is 0. The van der Waals surface area contributed by atoms with Crippen LogP contribution in [0.3, 0.4) is 0 Å². The number of hydrogen-bond acceptors (Lipinski definition) is 1. The zero-order valence-electron chi connectivity index (χ0n) is 14.1. The van der Waals surface area contributed by atoms with Crippen LogP contribution in [0.4, 0.5) is 0 Å². The van der Waals surface area contributed by atoms with Gasteiger partial charge in [0.25, 0.3) is 0 Å². The fraction of sp³-hybridized carbons (Fsp3) is 0.700. The predicted octanol–water partition coefficient (Wildman–Crippen LogP) is 5.28. The zero-order valence-corrected chi connectivity index (χ0v) is 14.1. The van der Waals surface area contributed by atoms with E-state index in [1.807, 2.05) is 6.08 Å². The summed E-state index contributed by atoms with van der Waals surface area (Å²) in [5.74, 6) is 1.18. The second kappa shape index (κ2) is 5.76. The molecule has 1 N–H and O–H groups in total. The molecular formula is C20H32O. The summed E-state index contributed by atoms with van der Waals surface area (Å²) in [5.41, 5.74) is 2.90. The molecule has 0 amide bonds. The molecule has 21 heavy (non-hydrogen) atoms. The third-order valence-corrected chi connectivity index (χ3v) is 6.26. The highest BCUT2D eigenvalue weighted by atomic mass is 16.3. The Balaban J connectivity index is 2.27. The van der Waals surface area contributed by atoms with Crippen molar-refractivity contribution in [3.05, 3.63) is 37.0 Å². The maximum atomic E-state index is 10.4. The van der Waals surface area contributed by atoms with Gasteiger partial charge in [-0.2, -0.15) is 0 Å². The van der Waals surface area contributed by atoms with Crippen molar-refractivity contribution >= 4 is 0 Å². The van der Waals surface area contributed by atoms with Crippen molar-refractivity contribution in [2.75, 3.05) is 0 Å². The quantitative estimate of drug-likeness (QED) is 0.551. The molecule has 2 aliphatic rings. The van der Waals surface area contributed by atoms with Crippen LogP contribution >= 0.6 is 0 Å². The van der Waals surface area contributed by atoms with Crippen molar-refractivity contribution in [2.45, 2.75) is 65.4 Å². The van der Waals surface area contributed by atoms with Gasteiger partial charge in [-0.3, -0.25) is 0 Å². The largest absolute Gasteiger partial charge is 0.393 e. The second-order valence-corrected chi connectivity index (χ2v) is 8.26. The van der Waals surface area contributed by atoms with Crippen LogP contribution in [0.15, 0.2) is 37.0 Å². The molecule has 0 aliphatic heterocycles. The highest BCUT2D eigenvalue weighted by Crippen LogP contribution is 2.61. The van der Waals surface area contributed by atoms with Gasteiger partial charge in [0.2, 0.25) is 0 Å². The second-order valence-electron chi connectivity index (χ2n) is 8.26. The van der Waals surface area contributed by atoms with Gasteiger partial charge in [0.1, 0.15) is 0 Å². The number of hydrogen-bond donors (Lipinski definition) is 1. The lowest BCUT2D eigenvalue weighted by atomic mass is 9.46. The molecule has 0 unspecified atom stereocenters. The predicted molar refractivity (Wildman–Crippen MR) is 91.1 cm³/mol. The van der Waals surface area contributed by atoms with E-state index in [1.54, 1.807) is 0 Å². The van der Waals surface area contributed by atoms with Crippen LogP contribution in [0.5, 0.6) is 0 Å². The fourth-order valence-corrected chi connectivity index (χ4v) is 5.41. The van der Waals surface area contributed by atoms with Crippen molar-refractivity contribution in [1.29, 1.82) is 0 Å². The first-order chi connectivity index (χ1) is 9.70. The Labute approximate surface area is 130 Å². The van der Waals surface area contributed by atoms with Gasteiger partial charge in [0.05, 0.1) is 6.10 Å². The number of aliphatic hydroxyl groups is 1. The van der Waals surface area contributed by atoms with Gasteiger partial charge in [-0.05, 0) is 61.2 Å². The molecule has 0 aromatic carbocycles. The zero-order chi connectivity index (χ0) is 15.8. The van der Waals surface area contributed by atoms with Crippen LogP contribution in [-0.4, -0.2) is 11.2 Å². The van der Waals surface area contributed by atoms with Gasteiger partial charge in [-0.1, -0.05) is 57.7 Å². The molecule has 0 aromatic rings. The summed E-state index contributed by atoms with van der Waals surface area (Å²) in [6, 6.07) is 0. The third-order valence-electron chi connectivity index (χ3n) is 6.26. The van der Waals surface area contributed by atoms with Crippen LogP contribution in [-0.2, 0) is 0 Å². The molecule has 1 nitrogen and oxygen atoms in total. The van der Waals surface area contributed by atoms with E-state index in [1.165, 1.54) is 12.0 Å². The minimum Gasteiger partial charge on any atom is -0.393 e. The summed E-state index contributed by atoms with van der Waals surface area (Å²) < 4.78 is 0. The van der Waals surface area contributed by atoms with E-state index in [2.05, 4.69) is 40.5 Å². The van der Waals surface area contributed by atoms with E-state index in [4.69, 9.17) is 0 Å². The van der Waals surface area contributed by atoms with E-state index in [-0.39, 0.29) is 16.9 Å². The molecule has 2 saturated carbocycles. The summed E-state index contributed by atoms with van der Waals surface area (Å²) in [6.07, 6.45) is 8.02. The van der Waals surface area contributed by atoms with Gasteiger partial charge >= 0.3 is 0 Å². The van der Waals surface area contributed by atoms with Crippen molar-refractivity contribution in [3.63, 3.8) is 0 Å². The molecule has 1 heteroatoms. The van der Waals surface area contributed by atoms with Crippen LogP contribution in [0.25, 0.3) is 0 Å². The van der Waals surface area contributed by atoms with E-state index in [0.717, 1.165) is 37.7 Å². The van der Waals surface area contributed by atoms with Crippen LogP contribution in [0.1, 0.15) is 59.3 Å². The maximum Gasteiger partial charge on any atom is 0.0551 e. The summed E-state index contributed by atoms with van der Waals surface area (Å²) in [6.45, 7) is 19.3. The first-order valence-electron chi connectivity index (χ1n) is 8.36. The normalized spacial score (nSPS) is 38.7. The standard InChI is InChI=1S/C20H32O/c1-7-14(2)8-10-17-15(3)9-11-18-19(4,5)12-16(21)13-20(17,18)6/h7,16-18,21H,1-3,8-13H2,4-6H3/t16-,17-,18-,20+/m1/s1. The van der Waals surface area contributed by atoms with Crippen molar-refractivity contribution < 1.29 is 5.11 Å². The minimum absolute atomic E-state index is 0.169. The summed E-state index contributed by atoms with van der Waals surface area (Å²) in [7, 11) is 0. The van der Waals surface area contributed by atoms with Crippen molar-refractivity contribution in [2.24, 2.45) is 22.7 Å². The Morgan fingerprint density at radius 3 is 2.62 bits per heavy atom. The number of aliphatic hydroxyl groups excluding tert-OH is 1. The molecule has 2 aliphatic carbocycles. The topological polar surface area (TPSA) is 20.2 Å². The molecular weight excluding hydrogens is 256 g/mol. The first kappa shape index (κ1) is 16.5. The molecule has 4 atom stereocenters. The Hall–Kier alpha value is -0.820. The number of allylic oxidation sites excluding steroid dienone is 3. The van der Waals surface area contributed by atoms with Gasteiger partial charge < -0.3 is 5.11 Å². The lowest BCUT2D eigenvalue weighted by Crippen LogP contribution is -2.53. The van der Waals surface area contributed by atoms with E-state index >= 15 is 0 Å². The highest BCUT2D eigenvalue weighted by Gasteiger charge is 2.54. The van der Waals surface area contributed by atoms with Crippen molar-refractivity contribution in [3.8, 4) is 0 Å². The summed E-state index contributed by atoms with van der Waals surface area (Å²) in [4.78, 5) is 0. The van der Waals surface area contributed by atoms with Gasteiger partial charge in [-0.15, -0.1) is 0 Å². The molecule has 0 radical (unpaired) electrons. The smallest absolute Gasteiger partial charge is 0.0551 e. The van der Waals surface area contributed by atoms with E-state index < -0.39 is 0 Å². The average Bonchev–Trinajstić information content (AvgIpc) is 2.35. The monoisotopic (exact) mass is 288 g/mol. The lowest BCUT2D eigenvalue weighted by molar-refractivity contribution is -0.105. The molecule has 0 aromatic heterocycles. The molecule has 0 heterocycles. The van der Waals surface area contributed by atoms with Crippen molar-refractivity contribution in [1.82, 2.24) is 0 Å². The average molecular weight is 288 g/mol.